The van der Waals surface area contributed by atoms with Gasteiger partial charge in [0.2, 0.25) is 5.91 Å². The average molecular weight is 247 g/mol. The number of likely N-dealkylation sites (N-methyl/N-ethyl adjacent to an activating group) is 1. The lowest BCUT2D eigenvalue weighted by molar-refractivity contribution is -0.117. The summed E-state index contributed by atoms with van der Waals surface area (Å²) < 4.78 is 0. The van der Waals surface area contributed by atoms with Gasteiger partial charge in [-0.2, -0.15) is 0 Å². The molecule has 2 rings (SSSR count). The molecule has 0 aromatic heterocycles. The number of nitrogens with one attached hydrogen (secondary N) is 1. The molecular formula is C14H21N3O. The third-order valence-corrected chi connectivity index (χ3v) is 3.38. The second-order valence-electron chi connectivity index (χ2n) is 4.94. The number of nitrogens with zero attached hydrogens (tertiary/aromatic N) is 2. The van der Waals surface area contributed by atoms with Gasteiger partial charge in [-0.25, -0.2) is 0 Å². The van der Waals surface area contributed by atoms with Gasteiger partial charge in [0.25, 0.3) is 0 Å². The van der Waals surface area contributed by atoms with Crippen LogP contribution in [0.1, 0.15) is 5.56 Å². The van der Waals surface area contributed by atoms with Crippen molar-refractivity contribution in [3.05, 3.63) is 29.8 Å². The lowest BCUT2D eigenvalue weighted by atomic mass is 10.2. The fourth-order valence-electron chi connectivity index (χ4n) is 2.11. The van der Waals surface area contributed by atoms with Crippen molar-refractivity contribution in [2.24, 2.45) is 0 Å². The zero-order valence-electron chi connectivity index (χ0n) is 11.1. The van der Waals surface area contributed by atoms with E-state index in [4.69, 9.17) is 0 Å². The number of anilines is 1. The van der Waals surface area contributed by atoms with Crippen LogP contribution >= 0.6 is 0 Å². The third-order valence-electron chi connectivity index (χ3n) is 3.38. The Hall–Kier alpha value is -1.39. The van der Waals surface area contributed by atoms with Gasteiger partial charge >= 0.3 is 0 Å². The molecule has 1 aromatic carbocycles. The van der Waals surface area contributed by atoms with Crippen molar-refractivity contribution >= 4 is 11.6 Å². The maximum atomic E-state index is 11.9. The summed E-state index contributed by atoms with van der Waals surface area (Å²) in [7, 11) is 2.12. The van der Waals surface area contributed by atoms with Crippen molar-refractivity contribution in [1.82, 2.24) is 9.80 Å². The smallest absolute Gasteiger partial charge is 0.238 e. The van der Waals surface area contributed by atoms with Gasteiger partial charge in [0.15, 0.2) is 0 Å². The molecule has 0 bridgehead atoms. The molecule has 1 N–H and O–H groups in total. The van der Waals surface area contributed by atoms with Gasteiger partial charge in [0.1, 0.15) is 0 Å². The Morgan fingerprint density at radius 3 is 2.56 bits per heavy atom. The topological polar surface area (TPSA) is 35.6 Å². The fraction of sp³-hybridized carbons (Fsp3) is 0.500. The van der Waals surface area contributed by atoms with E-state index >= 15 is 0 Å². The number of hydrogen-bond donors (Lipinski definition) is 1. The Bertz CT molecular complexity index is 411. The van der Waals surface area contributed by atoms with E-state index in [9.17, 15) is 4.79 Å². The van der Waals surface area contributed by atoms with E-state index in [0.717, 1.165) is 37.4 Å². The van der Waals surface area contributed by atoms with Crippen LogP contribution in [0.4, 0.5) is 5.69 Å². The molecule has 18 heavy (non-hydrogen) atoms. The highest BCUT2D eigenvalue weighted by Crippen LogP contribution is 2.13. The van der Waals surface area contributed by atoms with Gasteiger partial charge in [0.05, 0.1) is 6.54 Å². The van der Waals surface area contributed by atoms with E-state index < -0.39 is 0 Å². The molecule has 1 aliphatic rings. The van der Waals surface area contributed by atoms with Crippen LogP contribution in [-0.2, 0) is 4.79 Å². The first kappa shape index (κ1) is 13.1. The lowest BCUT2D eigenvalue weighted by Crippen LogP contribution is -2.47. The van der Waals surface area contributed by atoms with Gasteiger partial charge in [-0.05, 0) is 25.6 Å². The van der Waals surface area contributed by atoms with Gasteiger partial charge in [0, 0.05) is 31.9 Å². The minimum Gasteiger partial charge on any atom is -0.325 e. The molecule has 1 saturated heterocycles. The van der Waals surface area contributed by atoms with Crippen molar-refractivity contribution in [2.75, 3.05) is 45.1 Å². The van der Waals surface area contributed by atoms with E-state index in [1.54, 1.807) is 0 Å². The molecule has 0 radical (unpaired) electrons. The van der Waals surface area contributed by atoms with Gasteiger partial charge in [-0.1, -0.05) is 18.2 Å². The van der Waals surface area contributed by atoms with E-state index in [1.165, 1.54) is 0 Å². The molecule has 0 atom stereocenters. The van der Waals surface area contributed by atoms with Gasteiger partial charge < -0.3 is 10.2 Å². The molecule has 4 nitrogen and oxygen atoms in total. The number of rotatable bonds is 3. The highest BCUT2D eigenvalue weighted by Gasteiger charge is 2.16. The molecule has 4 heteroatoms. The molecule has 1 aliphatic heterocycles. The standard InChI is InChI=1S/C14H21N3O/c1-12-5-3-4-6-13(12)15-14(18)11-17-9-7-16(2)8-10-17/h3-6H,7-11H2,1-2H3,(H,15,18). The molecule has 0 spiro atoms. The first-order chi connectivity index (χ1) is 8.65. The molecule has 1 heterocycles. The number of para-hydroxylation sites is 1. The van der Waals surface area contributed by atoms with Crippen LogP contribution in [0.3, 0.4) is 0 Å². The number of carbonyl (C=O) groups is 1. The van der Waals surface area contributed by atoms with E-state index in [2.05, 4.69) is 22.2 Å². The van der Waals surface area contributed by atoms with Crippen molar-refractivity contribution in [3.8, 4) is 0 Å². The quantitative estimate of drug-likeness (QED) is 0.871. The predicted molar refractivity (Wildman–Crippen MR) is 73.7 cm³/mol. The SMILES string of the molecule is Cc1ccccc1NC(=O)CN1CCN(C)CC1. The second kappa shape index (κ2) is 5.98. The summed E-state index contributed by atoms with van der Waals surface area (Å²) in [5, 5.41) is 2.97. The summed E-state index contributed by atoms with van der Waals surface area (Å²) in [5.41, 5.74) is 2.01. The summed E-state index contributed by atoms with van der Waals surface area (Å²) in [6.07, 6.45) is 0. The summed E-state index contributed by atoms with van der Waals surface area (Å²) in [6.45, 7) is 6.51. The third kappa shape index (κ3) is 3.55. The predicted octanol–water partition coefficient (Wildman–Crippen LogP) is 1.18. The Morgan fingerprint density at radius 2 is 1.89 bits per heavy atom. The highest BCUT2D eigenvalue weighted by molar-refractivity contribution is 5.92. The zero-order valence-corrected chi connectivity index (χ0v) is 11.1. The highest BCUT2D eigenvalue weighted by atomic mass is 16.2. The summed E-state index contributed by atoms with van der Waals surface area (Å²) in [5.74, 6) is 0.0776. The molecule has 1 amide bonds. The van der Waals surface area contributed by atoms with Crippen LogP contribution in [0.5, 0.6) is 0 Å². The monoisotopic (exact) mass is 247 g/mol. The van der Waals surface area contributed by atoms with E-state index in [-0.39, 0.29) is 5.91 Å². The largest absolute Gasteiger partial charge is 0.325 e. The fourth-order valence-corrected chi connectivity index (χ4v) is 2.11. The molecule has 0 unspecified atom stereocenters. The maximum Gasteiger partial charge on any atom is 0.238 e. The zero-order chi connectivity index (χ0) is 13.0. The number of piperazine rings is 1. The Labute approximate surface area is 109 Å². The molecule has 0 aliphatic carbocycles. The molecular weight excluding hydrogens is 226 g/mol. The molecule has 98 valence electrons. The van der Waals surface area contributed by atoms with Crippen molar-refractivity contribution in [3.63, 3.8) is 0 Å². The Morgan fingerprint density at radius 1 is 1.22 bits per heavy atom. The Balaban J connectivity index is 1.84. The Kier molecular flexibility index (Phi) is 4.33. The van der Waals surface area contributed by atoms with Gasteiger partial charge in [-0.3, -0.25) is 9.69 Å². The normalized spacial score (nSPS) is 17.7. The van der Waals surface area contributed by atoms with E-state index in [1.807, 2.05) is 31.2 Å². The minimum absolute atomic E-state index is 0.0776. The number of benzene rings is 1. The molecule has 1 fully saturated rings. The van der Waals surface area contributed by atoms with Crippen LogP contribution in [0.15, 0.2) is 24.3 Å². The molecule has 0 saturated carbocycles. The summed E-state index contributed by atoms with van der Waals surface area (Å²) >= 11 is 0. The lowest BCUT2D eigenvalue weighted by Gasteiger charge is -2.31. The van der Waals surface area contributed by atoms with Crippen LogP contribution in [0, 0.1) is 6.92 Å². The second-order valence-corrected chi connectivity index (χ2v) is 4.94. The van der Waals surface area contributed by atoms with Crippen molar-refractivity contribution in [2.45, 2.75) is 6.92 Å². The van der Waals surface area contributed by atoms with Crippen molar-refractivity contribution < 1.29 is 4.79 Å². The first-order valence-electron chi connectivity index (χ1n) is 6.41. The number of carbonyl (C=O) groups excluding carboxylic acids is 1. The number of amides is 1. The first-order valence-corrected chi connectivity index (χ1v) is 6.41. The van der Waals surface area contributed by atoms with Crippen molar-refractivity contribution in [1.29, 1.82) is 0 Å². The summed E-state index contributed by atoms with van der Waals surface area (Å²) in [4.78, 5) is 16.4. The van der Waals surface area contributed by atoms with Crippen LogP contribution in [-0.4, -0.2) is 55.5 Å². The van der Waals surface area contributed by atoms with Crippen LogP contribution < -0.4 is 5.32 Å². The molecule has 1 aromatic rings. The minimum atomic E-state index is 0.0776. The summed E-state index contributed by atoms with van der Waals surface area (Å²) in [6, 6.07) is 7.87. The number of aryl methyl sites for hydroxylation is 1. The average Bonchev–Trinajstić information content (AvgIpc) is 2.35. The van der Waals surface area contributed by atoms with Gasteiger partial charge in [-0.15, -0.1) is 0 Å². The van der Waals surface area contributed by atoms with E-state index in [0.29, 0.717) is 6.54 Å². The number of hydrogen-bond acceptors (Lipinski definition) is 3. The van der Waals surface area contributed by atoms with Crippen LogP contribution in [0.25, 0.3) is 0 Å². The van der Waals surface area contributed by atoms with Crippen LogP contribution in [0.2, 0.25) is 0 Å². The maximum absolute atomic E-state index is 11.9.